The Morgan fingerprint density at radius 2 is 1.71 bits per heavy atom. The van der Waals surface area contributed by atoms with Crippen LogP contribution in [-0.2, 0) is 0 Å². The molecule has 1 aliphatic heterocycles. The molecule has 2 N–H and O–H groups in total. The third-order valence-corrected chi connectivity index (χ3v) is 8.28. The molecule has 0 saturated carbocycles. The Kier molecular flexibility index (Phi) is 5.53. The molecule has 2 heteroatoms. The van der Waals surface area contributed by atoms with E-state index in [1.807, 2.05) is 0 Å². The van der Waals surface area contributed by atoms with Gasteiger partial charge < -0.3 is 10.6 Å². The molecule has 0 fully saturated rings. The first-order chi connectivity index (χ1) is 16.7. The van der Waals surface area contributed by atoms with Gasteiger partial charge in [-0.1, -0.05) is 77.9 Å². The van der Waals surface area contributed by atoms with Gasteiger partial charge in [-0.15, -0.1) is 0 Å². The standard InChI is InChI=1S/C32H34N2/c1-22-15-17-25(33)21-34(26-10-3-2-4-11-26)32-18-16-24(19-30(22)32)31-20-23-9-5-6-12-27(23)28-13-7-8-14-29(28)31/h2-4,6-8,10-15,17-18,23-24,30H,5,9,16,19-21,33H2,1H3/b22-15+,25-17+. The number of hydrogen-bond acceptors (Lipinski definition) is 2. The van der Waals surface area contributed by atoms with Gasteiger partial charge >= 0.3 is 0 Å². The molecule has 3 unspecified atom stereocenters. The third-order valence-electron chi connectivity index (χ3n) is 8.28. The molecule has 0 radical (unpaired) electrons. The van der Waals surface area contributed by atoms with E-state index < -0.39 is 0 Å². The van der Waals surface area contributed by atoms with Crippen LogP contribution in [0.4, 0.5) is 5.69 Å². The number of rotatable bonds is 2. The van der Waals surface area contributed by atoms with Crippen LogP contribution in [0.25, 0.3) is 11.1 Å². The van der Waals surface area contributed by atoms with Crippen molar-refractivity contribution < 1.29 is 0 Å². The second-order valence-corrected chi connectivity index (χ2v) is 10.3. The van der Waals surface area contributed by atoms with Gasteiger partial charge in [0, 0.05) is 23.0 Å². The van der Waals surface area contributed by atoms with Crippen LogP contribution in [0.2, 0.25) is 0 Å². The molecule has 1 heterocycles. The lowest BCUT2D eigenvalue weighted by Crippen LogP contribution is -2.39. The normalized spacial score (nSPS) is 29.4. The smallest absolute Gasteiger partial charge is 0.0623 e. The molecule has 0 saturated heterocycles. The van der Waals surface area contributed by atoms with Crippen molar-refractivity contribution in [2.75, 3.05) is 11.4 Å². The second kappa shape index (κ2) is 8.83. The van der Waals surface area contributed by atoms with Crippen molar-refractivity contribution in [3.8, 4) is 0 Å². The van der Waals surface area contributed by atoms with Crippen molar-refractivity contribution in [3.63, 3.8) is 0 Å². The second-order valence-electron chi connectivity index (χ2n) is 10.3. The Balaban J connectivity index is 1.45. The lowest BCUT2D eigenvalue weighted by atomic mass is 9.70. The summed E-state index contributed by atoms with van der Waals surface area (Å²) in [5, 5.41) is 2.98. The maximum Gasteiger partial charge on any atom is 0.0623 e. The monoisotopic (exact) mass is 446 g/mol. The zero-order valence-electron chi connectivity index (χ0n) is 20.1. The molecule has 4 aliphatic rings. The molecule has 0 amide bonds. The summed E-state index contributed by atoms with van der Waals surface area (Å²) in [6.07, 6.45) is 17.7. The molecule has 3 aliphatic carbocycles. The van der Waals surface area contributed by atoms with Crippen LogP contribution in [0.1, 0.15) is 39.0 Å². The highest BCUT2D eigenvalue weighted by Crippen LogP contribution is 2.44. The average Bonchev–Trinajstić information content (AvgIpc) is 2.89. The van der Waals surface area contributed by atoms with Crippen LogP contribution in [0.15, 0.2) is 102 Å². The van der Waals surface area contributed by atoms with E-state index in [0.717, 1.165) is 18.7 Å². The van der Waals surface area contributed by atoms with Crippen molar-refractivity contribution in [1.82, 2.24) is 0 Å². The van der Waals surface area contributed by atoms with Crippen LogP contribution in [0.3, 0.4) is 0 Å². The maximum absolute atomic E-state index is 6.41. The van der Waals surface area contributed by atoms with Gasteiger partial charge in [-0.05, 0) is 85.1 Å². The highest BCUT2D eigenvalue weighted by molar-refractivity contribution is 5.68. The first-order valence-corrected chi connectivity index (χ1v) is 12.8. The predicted molar refractivity (Wildman–Crippen MR) is 143 cm³/mol. The van der Waals surface area contributed by atoms with E-state index in [1.165, 1.54) is 53.1 Å². The molecule has 0 aromatic heterocycles. The van der Waals surface area contributed by atoms with E-state index in [0.29, 0.717) is 17.8 Å². The van der Waals surface area contributed by atoms with Crippen LogP contribution < -0.4 is 21.1 Å². The Morgan fingerprint density at radius 1 is 0.912 bits per heavy atom. The van der Waals surface area contributed by atoms with Crippen molar-refractivity contribution >= 4 is 16.8 Å². The summed E-state index contributed by atoms with van der Waals surface area (Å²) in [7, 11) is 0. The Labute approximate surface area is 203 Å². The van der Waals surface area contributed by atoms with E-state index in [2.05, 4.69) is 96.8 Å². The predicted octanol–water partition coefficient (Wildman–Crippen LogP) is 5.58. The van der Waals surface area contributed by atoms with Crippen LogP contribution in [0.5, 0.6) is 0 Å². The Hall–Kier alpha value is -3.26. The van der Waals surface area contributed by atoms with Crippen LogP contribution in [-0.4, -0.2) is 6.54 Å². The van der Waals surface area contributed by atoms with Gasteiger partial charge in [0.1, 0.15) is 0 Å². The third kappa shape index (κ3) is 3.76. The van der Waals surface area contributed by atoms with Crippen molar-refractivity contribution in [3.05, 3.63) is 112 Å². The van der Waals surface area contributed by atoms with Crippen molar-refractivity contribution in [2.24, 2.45) is 23.5 Å². The highest BCUT2D eigenvalue weighted by atomic mass is 15.2. The minimum absolute atomic E-state index is 0.416. The number of anilines is 1. The number of fused-ring (bicyclic) bond motifs is 3. The van der Waals surface area contributed by atoms with Gasteiger partial charge in [-0.3, -0.25) is 0 Å². The van der Waals surface area contributed by atoms with E-state index in [1.54, 1.807) is 11.1 Å². The summed E-state index contributed by atoms with van der Waals surface area (Å²) >= 11 is 0. The molecular weight excluding hydrogens is 412 g/mol. The summed E-state index contributed by atoms with van der Waals surface area (Å²) in [6, 6.07) is 19.9. The van der Waals surface area contributed by atoms with Gasteiger partial charge in [0.2, 0.25) is 0 Å². The lowest BCUT2D eigenvalue weighted by molar-refractivity contribution is 0.461. The molecule has 3 atom stereocenters. The molecule has 2 nitrogen and oxygen atoms in total. The molecule has 2 aromatic rings. The fourth-order valence-corrected chi connectivity index (χ4v) is 6.54. The van der Waals surface area contributed by atoms with Gasteiger partial charge in [0.05, 0.1) is 6.54 Å². The van der Waals surface area contributed by atoms with E-state index in [9.17, 15) is 0 Å². The highest BCUT2D eigenvalue weighted by Gasteiger charge is 2.34. The topological polar surface area (TPSA) is 29.3 Å². The van der Waals surface area contributed by atoms with Crippen LogP contribution >= 0.6 is 0 Å². The number of nitrogens with zero attached hydrogens (tertiary/aromatic N) is 1. The fourth-order valence-electron chi connectivity index (χ4n) is 6.54. The summed E-state index contributed by atoms with van der Waals surface area (Å²) in [6.45, 7) is 3.03. The minimum atomic E-state index is 0.416. The Bertz CT molecular complexity index is 1340. The van der Waals surface area contributed by atoms with Gasteiger partial charge in [-0.25, -0.2) is 0 Å². The molecule has 2 aromatic carbocycles. The first kappa shape index (κ1) is 21.3. The largest absolute Gasteiger partial charge is 0.401 e. The number of allylic oxidation sites excluding steroid dienone is 6. The number of hydrogen-bond donors (Lipinski definition) is 1. The van der Waals surface area contributed by atoms with Gasteiger partial charge in [-0.2, -0.15) is 0 Å². The minimum Gasteiger partial charge on any atom is -0.401 e. The summed E-state index contributed by atoms with van der Waals surface area (Å²) in [4.78, 5) is 2.44. The first-order valence-electron chi connectivity index (χ1n) is 12.8. The average molecular weight is 447 g/mol. The lowest BCUT2D eigenvalue weighted by Gasteiger charge is -2.40. The molecule has 0 spiro atoms. The van der Waals surface area contributed by atoms with Crippen molar-refractivity contribution in [1.29, 1.82) is 0 Å². The summed E-state index contributed by atoms with van der Waals surface area (Å²) < 4.78 is 0. The summed E-state index contributed by atoms with van der Waals surface area (Å²) in [5.74, 6) is 1.68. The Morgan fingerprint density at radius 3 is 2.56 bits per heavy atom. The molecule has 172 valence electrons. The molecule has 34 heavy (non-hydrogen) atoms. The number of benzene rings is 2. The SMILES string of the molecule is C/C1=C\C=C(\N)CN(c2ccccc2)C2=CCC(C3=c4ccccc4=C4C=CCCC4C3)CC21. The zero-order chi connectivity index (χ0) is 23.1. The van der Waals surface area contributed by atoms with Gasteiger partial charge in [0.25, 0.3) is 0 Å². The summed E-state index contributed by atoms with van der Waals surface area (Å²) in [5.41, 5.74) is 14.6. The van der Waals surface area contributed by atoms with E-state index in [-0.39, 0.29) is 0 Å². The van der Waals surface area contributed by atoms with E-state index >= 15 is 0 Å². The molecule has 0 bridgehead atoms. The van der Waals surface area contributed by atoms with E-state index in [4.69, 9.17) is 5.73 Å². The van der Waals surface area contributed by atoms with Crippen LogP contribution in [0, 0.1) is 17.8 Å². The molecular formula is C32H34N2. The number of nitrogens with two attached hydrogens (primary N) is 1. The molecule has 6 rings (SSSR count). The van der Waals surface area contributed by atoms with Crippen molar-refractivity contribution in [2.45, 2.75) is 39.0 Å². The van der Waals surface area contributed by atoms with Gasteiger partial charge in [0.15, 0.2) is 0 Å². The number of para-hydroxylation sites is 1. The maximum atomic E-state index is 6.41. The zero-order valence-corrected chi connectivity index (χ0v) is 20.1. The fraction of sp³-hybridized carbons (Fsp3) is 0.312. The quantitative estimate of drug-likeness (QED) is 0.653.